The highest BCUT2D eigenvalue weighted by molar-refractivity contribution is 7.89. The van der Waals surface area contributed by atoms with Gasteiger partial charge in [0.1, 0.15) is 5.75 Å². The Labute approximate surface area is 65.5 Å². The minimum Gasteiger partial charge on any atom is -0.598 e. The Morgan fingerprint density at radius 3 is 2.40 bits per heavy atom. The highest BCUT2D eigenvalue weighted by atomic mass is 32.2. The van der Waals surface area contributed by atoms with Gasteiger partial charge in [0.05, 0.1) is 0 Å². The van der Waals surface area contributed by atoms with Gasteiger partial charge < -0.3 is 4.55 Å². The molecule has 0 bridgehead atoms. The van der Waals surface area contributed by atoms with Crippen molar-refractivity contribution in [1.29, 1.82) is 0 Å². The van der Waals surface area contributed by atoms with E-state index >= 15 is 0 Å². The first-order valence-electron chi connectivity index (χ1n) is 3.92. The van der Waals surface area contributed by atoms with Gasteiger partial charge in [0.2, 0.25) is 0 Å². The van der Waals surface area contributed by atoms with Crippen LogP contribution in [0.15, 0.2) is 0 Å². The van der Waals surface area contributed by atoms with Crippen molar-refractivity contribution in [2.75, 3.05) is 5.75 Å². The molecule has 10 heavy (non-hydrogen) atoms. The average Bonchev–Trinajstić information content (AvgIpc) is 1.88. The first kappa shape index (κ1) is 8.37. The van der Waals surface area contributed by atoms with Crippen molar-refractivity contribution < 1.29 is 4.55 Å². The van der Waals surface area contributed by atoms with Gasteiger partial charge in [-0.3, -0.25) is 0 Å². The Kier molecular flexibility index (Phi) is 3.52. The third-order valence-corrected chi connectivity index (χ3v) is 2.92. The molecule has 0 aromatic rings. The van der Waals surface area contributed by atoms with Crippen molar-refractivity contribution in [2.45, 2.75) is 32.1 Å². The molecule has 1 saturated carbocycles. The monoisotopic (exact) mass is 161 g/mol. The minimum atomic E-state index is -1.06. The third-order valence-electron chi connectivity index (χ3n) is 2.12. The lowest BCUT2D eigenvalue weighted by Crippen LogP contribution is -2.24. The largest absolute Gasteiger partial charge is 0.598 e. The van der Waals surface area contributed by atoms with Crippen LogP contribution in [0, 0.1) is 5.92 Å². The summed E-state index contributed by atoms with van der Waals surface area (Å²) in [6.45, 7) is 0. The fourth-order valence-electron chi connectivity index (χ4n) is 1.59. The SMILES string of the molecule is N[S+]([O-])CC1CCCCC1. The fraction of sp³-hybridized carbons (Fsp3) is 1.00. The number of hydrogen-bond acceptors (Lipinski definition) is 2. The number of rotatable bonds is 2. The van der Waals surface area contributed by atoms with Gasteiger partial charge >= 0.3 is 0 Å². The van der Waals surface area contributed by atoms with Gasteiger partial charge in [0.15, 0.2) is 0 Å². The predicted molar refractivity (Wildman–Crippen MR) is 43.8 cm³/mol. The summed E-state index contributed by atoms with van der Waals surface area (Å²) in [6.07, 6.45) is 6.45. The maximum Gasteiger partial charge on any atom is 0.128 e. The molecule has 1 aliphatic carbocycles. The lowest BCUT2D eigenvalue weighted by Gasteiger charge is -2.20. The van der Waals surface area contributed by atoms with Crippen molar-refractivity contribution in [1.82, 2.24) is 0 Å². The molecule has 1 rings (SSSR count). The van der Waals surface area contributed by atoms with Gasteiger partial charge in [-0.05, 0) is 12.8 Å². The first-order valence-corrected chi connectivity index (χ1v) is 5.30. The Balaban J connectivity index is 2.13. The van der Waals surface area contributed by atoms with Crippen LogP contribution in [0.3, 0.4) is 0 Å². The lowest BCUT2D eigenvalue weighted by molar-refractivity contribution is 0.385. The highest BCUT2D eigenvalue weighted by Crippen LogP contribution is 2.23. The van der Waals surface area contributed by atoms with Crippen LogP contribution in [-0.4, -0.2) is 10.3 Å². The van der Waals surface area contributed by atoms with E-state index in [2.05, 4.69) is 0 Å². The van der Waals surface area contributed by atoms with Crippen LogP contribution in [0.4, 0.5) is 0 Å². The van der Waals surface area contributed by atoms with Crippen LogP contribution < -0.4 is 5.14 Å². The van der Waals surface area contributed by atoms with Crippen molar-refractivity contribution in [3.63, 3.8) is 0 Å². The van der Waals surface area contributed by atoms with E-state index in [1.807, 2.05) is 0 Å². The summed E-state index contributed by atoms with van der Waals surface area (Å²) in [7, 11) is 0. The Morgan fingerprint density at radius 1 is 1.30 bits per heavy atom. The summed E-state index contributed by atoms with van der Waals surface area (Å²) in [5.41, 5.74) is 0. The van der Waals surface area contributed by atoms with Crippen LogP contribution in [-0.2, 0) is 11.4 Å². The molecule has 0 aromatic carbocycles. The summed E-state index contributed by atoms with van der Waals surface area (Å²) < 4.78 is 10.6. The molecular formula is C7H15NOS. The van der Waals surface area contributed by atoms with Gasteiger partial charge in [-0.1, -0.05) is 19.3 Å². The lowest BCUT2D eigenvalue weighted by atomic mass is 9.91. The van der Waals surface area contributed by atoms with Gasteiger partial charge in [-0.25, -0.2) is 0 Å². The summed E-state index contributed by atoms with van der Waals surface area (Å²) in [6, 6.07) is 0. The molecule has 0 spiro atoms. The fourth-order valence-corrected chi connectivity index (χ4v) is 2.38. The van der Waals surface area contributed by atoms with Crippen molar-refractivity contribution in [3.8, 4) is 0 Å². The van der Waals surface area contributed by atoms with E-state index < -0.39 is 11.4 Å². The topological polar surface area (TPSA) is 49.1 Å². The second-order valence-electron chi connectivity index (χ2n) is 3.05. The molecule has 1 unspecified atom stereocenters. The molecule has 3 heteroatoms. The van der Waals surface area contributed by atoms with Crippen LogP contribution in [0.25, 0.3) is 0 Å². The van der Waals surface area contributed by atoms with Gasteiger partial charge in [-0.2, -0.15) is 5.14 Å². The van der Waals surface area contributed by atoms with E-state index in [9.17, 15) is 4.55 Å². The zero-order valence-corrected chi connectivity index (χ0v) is 7.03. The van der Waals surface area contributed by atoms with Gasteiger partial charge in [0.25, 0.3) is 0 Å². The van der Waals surface area contributed by atoms with E-state index in [0.717, 1.165) is 5.75 Å². The average molecular weight is 161 g/mol. The molecule has 0 amide bonds. The quantitative estimate of drug-likeness (QED) is 0.618. The third kappa shape index (κ3) is 2.90. The molecule has 2 nitrogen and oxygen atoms in total. The molecule has 0 aromatic heterocycles. The molecule has 0 radical (unpaired) electrons. The summed E-state index contributed by atoms with van der Waals surface area (Å²) in [5, 5.41) is 5.20. The molecule has 0 heterocycles. The summed E-state index contributed by atoms with van der Waals surface area (Å²) >= 11 is -1.06. The summed E-state index contributed by atoms with van der Waals surface area (Å²) in [4.78, 5) is 0. The minimum absolute atomic E-state index is 0.652. The normalized spacial score (nSPS) is 24.6. The Morgan fingerprint density at radius 2 is 1.90 bits per heavy atom. The first-order chi connectivity index (χ1) is 4.79. The molecule has 60 valence electrons. The molecule has 2 N–H and O–H groups in total. The van der Waals surface area contributed by atoms with Gasteiger partial charge in [0, 0.05) is 17.3 Å². The van der Waals surface area contributed by atoms with Crippen molar-refractivity contribution >= 4 is 11.4 Å². The van der Waals surface area contributed by atoms with Crippen LogP contribution in [0.1, 0.15) is 32.1 Å². The zero-order chi connectivity index (χ0) is 7.40. The number of nitrogens with two attached hydrogens (primary N) is 1. The van der Waals surface area contributed by atoms with Crippen LogP contribution in [0.2, 0.25) is 0 Å². The Hall–Kier alpha value is 0.270. The maximum atomic E-state index is 10.6. The van der Waals surface area contributed by atoms with E-state index in [1.165, 1.54) is 32.1 Å². The smallest absolute Gasteiger partial charge is 0.128 e. The highest BCUT2D eigenvalue weighted by Gasteiger charge is 2.17. The zero-order valence-electron chi connectivity index (χ0n) is 6.21. The molecule has 0 saturated heterocycles. The molecule has 0 aliphatic heterocycles. The summed E-state index contributed by atoms with van der Waals surface area (Å²) in [5.74, 6) is 1.37. The van der Waals surface area contributed by atoms with Crippen LogP contribution >= 0.6 is 0 Å². The molecule has 1 fully saturated rings. The number of hydrogen-bond donors (Lipinski definition) is 1. The molecule has 1 aliphatic rings. The molecule has 1 atom stereocenters. The second kappa shape index (κ2) is 4.21. The maximum absolute atomic E-state index is 10.6. The predicted octanol–water partition coefficient (Wildman–Crippen LogP) is 1.19. The van der Waals surface area contributed by atoms with E-state index in [-0.39, 0.29) is 0 Å². The van der Waals surface area contributed by atoms with Crippen molar-refractivity contribution in [3.05, 3.63) is 0 Å². The van der Waals surface area contributed by atoms with Crippen molar-refractivity contribution in [2.24, 2.45) is 11.1 Å². The second-order valence-corrected chi connectivity index (χ2v) is 4.15. The van der Waals surface area contributed by atoms with E-state index in [4.69, 9.17) is 5.14 Å². The molecular weight excluding hydrogens is 146 g/mol. The van der Waals surface area contributed by atoms with Gasteiger partial charge in [-0.15, -0.1) is 0 Å². The standard InChI is InChI=1S/C7H15NOS/c8-10(9)6-7-4-2-1-3-5-7/h7H,1-6,8H2. The Bertz CT molecular complexity index is 91.6. The van der Waals surface area contributed by atoms with Crippen LogP contribution in [0.5, 0.6) is 0 Å². The van der Waals surface area contributed by atoms with E-state index in [1.54, 1.807) is 0 Å². The van der Waals surface area contributed by atoms with E-state index in [0.29, 0.717) is 5.92 Å².